The van der Waals surface area contributed by atoms with E-state index >= 15 is 0 Å². The van der Waals surface area contributed by atoms with Gasteiger partial charge >= 0.3 is 0 Å². The van der Waals surface area contributed by atoms with Crippen molar-refractivity contribution in [3.8, 4) is 5.75 Å². The number of amides is 2. The van der Waals surface area contributed by atoms with E-state index in [4.69, 9.17) is 9.15 Å². The van der Waals surface area contributed by atoms with Crippen LogP contribution in [0.5, 0.6) is 5.75 Å². The van der Waals surface area contributed by atoms with Crippen molar-refractivity contribution in [1.29, 1.82) is 0 Å². The maximum Gasteiger partial charge on any atom is 0.277 e. The number of thioether (sulfide) groups is 1. The molecule has 1 atom stereocenters. The number of aryl methyl sites for hydroxylation is 1. The lowest BCUT2D eigenvalue weighted by atomic mass is 10.2. The Hall–Kier alpha value is -3.33. The average molecular weight is 439 g/mol. The predicted molar refractivity (Wildman–Crippen MR) is 117 cm³/mol. The van der Waals surface area contributed by atoms with Gasteiger partial charge in [-0.3, -0.25) is 9.59 Å². The van der Waals surface area contributed by atoms with E-state index in [0.29, 0.717) is 22.5 Å². The van der Waals surface area contributed by atoms with Crippen LogP contribution in [0.2, 0.25) is 0 Å². The fourth-order valence-corrected chi connectivity index (χ4v) is 4.01. The Labute approximate surface area is 184 Å². The largest absolute Gasteiger partial charge is 0.484 e. The van der Waals surface area contributed by atoms with Gasteiger partial charge in [0.25, 0.3) is 11.1 Å². The second kappa shape index (κ2) is 9.22. The van der Waals surface area contributed by atoms with Gasteiger partial charge in [-0.15, -0.1) is 10.2 Å². The molecule has 0 bridgehead atoms. The summed E-state index contributed by atoms with van der Waals surface area (Å²) in [6.45, 7) is 3.99. The summed E-state index contributed by atoms with van der Waals surface area (Å²) in [5, 5.41) is 11.1. The Balaban J connectivity index is 1.38. The van der Waals surface area contributed by atoms with E-state index in [2.05, 4.69) is 15.5 Å². The lowest BCUT2D eigenvalue weighted by molar-refractivity contribution is -0.117. The van der Waals surface area contributed by atoms with Crippen molar-refractivity contribution >= 4 is 35.0 Å². The third-order valence-corrected chi connectivity index (χ3v) is 5.55. The number of carbonyl (C=O) groups is 2. The molecule has 31 heavy (non-hydrogen) atoms. The van der Waals surface area contributed by atoms with Crippen molar-refractivity contribution in [2.75, 3.05) is 16.0 Å². The number of para-hydroxylation sites is 2. The molecule has 160 valence electrons. The maximum atomic E-state index is 13.0. The summed E-state index contributed by atoms with van der Waals surface area (Å²) < 4.78 is 11.3. The lowest BCUT2D eigenvalue weighted by Gasteiger charge is -2.27. The monoisotopic (exact) mass is 438 g/mol. The van der Waals surface area contributed by atoms with Crippen LogP contribution >= 0.6 is 11.8 Å². The fraction of sp³-hybridized carbons (Fsp3) is 0.273. The van der Waals surface area contributed by atoms with Gasteiger partial charge in [-0.05, 0) is 43.7 Å². The molecular weight excluding hydrogens is 416 g/mol. The van der Waals surface area contributed by atoms with Crippen LogP contribution in [-0.4, -0.2) is 33.8 Å². The van der Waals surface area contributed by atoms with Crippen LogP contribution in [0.25, 0.3) is 0 Å². The van der Waals surface area contributed by atoms with Gasteiger partial charge in [-0.25, -0.2) is 0 Å². The third-order valence-electron chi connectivity index (χ3n) is 4.75. The van der Waals surface area contributed by atoms with E-state index in [1.54, 1.807) is 11.0 Å². The van der Waals surface area contributed by atoms with Gasteiger partial charge in [-0.1, -0.05) is 36.0 Å². The van der Waals surface area contributed by atoms with Crippen molar-refractivity contribution < 1.29 is 18.7 Å². The maximum absolute atomic E-state index is 13.0. The Bertz CT molecular complexity index is 1100. The molecule has 0 aliphatic carbocycles. The van der Waals surface area contributed by atoms with Crippen LogP contribution in [0.4, 0.5) is 11.4 Å². The Morgan fingerprint density at radius 1 is 1.26 bits per heavy atom. The molecule has 1 aliphatic rings. The SMILES string of the molecule is Cc1cccc(OCc2nnc(SCC(=O)N3c4ccccc4NC(=O)C[C@@H]3C)o2)c1. The first-order valence-electron chi connectivity index (χ1n) is 9.85. The van der Waals surface area contributed by atoms with Gasteiger partial charge in [0.1, 0.15) is 5.75 Å². The van der Waals surface area contributed by atoms with Crippen LogP contribution in [0, 0.1) is 6.92 Å². The fourth-order valence-electron chi connectivity index (χ4n) is 3.37. The predicted octanol–water partition coefficient (Wildman–Crippen LogP) is 3.81. The van der Waals surface area contributed by atoms with Gasteiger partial charge in [0.2, 0.25) is 11.8 Å². The normalized spacial score (nSPS) is 15.7. The van der Waals surface area contributed by atoms with Crippen molar-refractivity contribution in [3.05, 3.63) is 60.0 Å². The van der Waals surface area contributed by atoms with Crippen molar-refractivity contribution in [2.24, 2.45) is 0 Å². The van der Waals surface area contributed by atoms with Gasteiger partial charge in [-0.2, -0.15) is 0 Å². The molecule has 3 aromatic rings. The standard InChI is InChI=1S/C22H22N4O4S/c1-14-6-5-7-16(10-14)29-12-20-24-25-22(30-20)31-13-21(28)26-15(2)11-19(27)23-17-8-3-4-9-18(17)26/h3-10,15H,11-13H2,1-2H3,(H,23,27)/t15-/m0/s1. The summed E-state index contributed by atoms with van der Waals surface area (Å²) in [5.41, 5.74) is 2.41. The quantitative estimate of drug-likeness (QED) is 0.585. The molecule has 0 unspecified atom stereocenters. The average Bonchev–Trinajstić information content (AvgIpc) is 3.15. The van der Waals surface area contributed by atoms with E-state index < -0.39 is 0 Å². The molecule has 1 aromatic heterocycles. The molecule has 0 spiro atoms. The summed E-state index contributed by atoms with van der Waals surface area (Å²) in [5.74, 6) is 0.905. The van der Waals surface area contributed by atoms with E-state index in [1.165, 1.54) is 0 Å². The molecule has 0 radical (unpaired) electrons. The molecule has 4 rings (SSSR count). The number of aromatic nitrogens is 2. The molecule has 0 saturated heterocycles. The molecule has 2 amide bonds. The minimum Gasteiger partial charge on any atom is -0.484 e. The number of anilines is 2. The summed E-state index contributed by atoms with van der Waals surface area (Å²) in [4.78, 5) is 26.7. The van der Waals surface area contributed by atoms with Gasteiger partial charge in [0, 0.05) is 12.5 Å². The second-order valence-electron chi connectivity index (χ2n) is 7.24. The number of carbonyl (C=O) groups excluding carboxylic acids is 2. The molecule has 2 aromatic carbocycles. The van der Waals surface area contributed by atoms with Crippen LogP contribution < -0.4 is 15.0 Å². The zero-order valence-corrected chi connectivity index (χ0v) is 18.0. The second-order valence-corrected chi connectivity index (χ2v) is 8.16. The summed E-state index contributed by atoms with van der Waals surface area (Å²) in [6.07, 6.45) is 0.228. The van der Waals surface area contributed by atoms with Gasteiger partial charge < -0.3 is 19.4 Å². The van der Waals surface area contributed by atoms with Crippen LogP contribution in [0.15, 0.2) is 58.2 Å². The zero-order valence-electron chi connectivity index (χ0n) is 17.2. The Morgan fingerprint density at radius 2 is 2.10 bits per heavy atom. The zero-order chi connectivity index (χ0) is 21.8. The topological polar surface area (TPSA) is 97.6 Å². The van der Waals surface area contributed by atoms with Crippen molar-refractivity contribution in [1.82, 2.24) is 10.2 Å². The lowest BCUT2D eigenvalue weighted by Crippen LogP contribution is -2.40. The van der Waals surface area contributed by atoms with E-state index in [1.807, 2.05) is 56.3 Å². The molecule has 2 heterocycles. The molecule has 1 aliphatic heterocycles. The first-order chi connectivity index (χ1) is 15.0. The number of nitrogens with zero attached hydrogens (tertiary/aromatic N) is 3. The molecule has 1 N–H and O–H groups in total. The van der Waals surface area contributed by atoms with E-state index in [0.717, 1.165) is 23.1 Å². The molecule has 0 saturated carbocycles. The number of benzene rings is 2. The first kappa shape index (κ1) is 20.9. The highest BCUT2D eigenvalue weighted by Crippen LogP contribution is 2.32. The highest BCUT2D eigenvalue weighted by molar-refractivity contribution is 7.99. The van der Waals surface area contributed by atoms with Gasteiger partial charge in [0.05, 0.1) is 17.1 Å². The van der Waals surface area contributed by atoms with E-state index in [-0.39, 0.29) is 36.6 Å². The number of fused-ring (bicyclic) bond motifs is 1. The van der Waals surface area contributed by atoms with Crippen LogP contribution in [0.3, 0.4) is 0 Å². The van der Waals surface area contributed by atoms with E-state index in [9.17, 15) is 9.59 Å². The van der Waals surface area contributed by atoms with Crippen molar-refractivity contribution in [3.63, 3.8) is 0 Å². The highest BCUT2D eigenvalue weighted by Gasteiger charge is 2.29. The Morgan fingerprint density at radius 3 is 2.94 bits per heavy atom. The number of hydrogen-bond acceptors (Lipinski definition) is 7. The molecule has 0 fully saturated rings. The molecular formula is C22H22N4O4S. The van der Waals surface area contributed by atoms with Crippen LogP contribution in [0.1, 0.15) is 24.8 Å². The first-order valence-corrected chi connectivity index (χ1v) is 10.8. The minimum atomic E-state index is -0.266. The number of hydrogen-bond donors (Lipinski definition) is 1. The number of ether oxygens (including phenoxy) is 1. The molecule has 8 nitrogen and oxygen atoms in total. The van der Waals surface area contributed by atoms with Crippen LogP contribution in [-0.2, 0) is 16.2 Å². The highest BCUT2D eigenvalue weighted by atomic mass is 32.2. The molecule has 9 heteroatoms. The summed E-state index contributed by atoms with van der Waals surface area (Å²) in [6, 6.07) is 14.7. The Kier molecular flexibility index (Phi) is 6.22. The summed E-state index contributed by atoms with van der Waals surface area (Å²) in [7, 11) is 0. The van der Waals surface area contributed by atoms with Crippen molar-refractivity contribution in [2.45, 2.75) is 38.1 Å². The number of nitrogens with one attached hydrogen (secondary N) is 1. The third kappa shape index (κ3) is 5.05. The summed E-state index contributed by atoms with van der Waals surface area (Å²) >= 11 is 1.16. The smallest absolute Gasteiger partial charge is 0.277 e. The van der Waals surface area contributed by atoms with Gasteiger partial charge in [0.15, 0.2) is 6.61 Å². The minimum absolute atomic E-state index is 0.104. The number of rotatable bonds is 6.